The van der Waals surface area contributed by atoms with Gasteiger partial charge in [-0.1, -0.05) is 6.08 Å². The first-order valence-electron chi connectivity index (χ1n) is 4.79. The van der Waals surface area contributed by atoms with Gasteiger partial charge in [-0.15, -0.1) is 0 Å². The SMILES string of the molecule is CCn1nccc1C1=CC(N)CC1. The van der Waals surface area contributed by atoms with Crippen molar-refractivity contribution in [3.8, 4) is 0 Å². The van der Waals surface area contributed by atoms with Crippen molar-refractivity contribution in [1.29, 1.82) is 0 Å². The topological polar surface area (TPSA) is 43.8 Å². The summed E-state index contributed by atoms with van der Waals surface area (Å²) in [5, 5.41) is 4.24. The smallest absolute Gasteiger partial charge is 0.0639 e. The maximum atomic E-state index is 5.82. The molecule has 0 fully saturated rings. The molecule has 1 unspecified atom stereocenters. The molecule has 70 valence electrons. The van der Waals surface area contributed by atoms with Gasteiger partial charge in [0.15, 0.2) is 0 Å². The Bertz CT molecular complexity index is 325. The van der Waals surface area contributed by atoms with Crippen molar-refractivity contribution in [2.75, 3.05) is 0 Å². The summed E-state index contributed by atoms with van der Waals surface area (Å²) in [5.74, 6) is 0. The Kier molecular flexibility index (Phi) is 2.19. The van der Waals surface area contributed by atoms with Crippen molar-refractivity contribution in [3.63, 3.8) is 0 Å². The van der Waals surface area contributed by atoms with Gasteiger partial charge in [0.2, 0.25) is 0 Å². The quantitative estimate of drug-likeness (QED) is 0.742. The number of hydrogen-bond acceptors (Lipinski definition) is 2. The Balaban J connectivity index is 2.30. The summed E-state index contributed by atoms with van der Waals surface area (Å²) in [5.41, 5.74) is 8.40. The highest BCUT2D eigenvalue weighted by Crippen LogP contribution is 2.26. The van der Waals surface area contributed by atoms with Crippen LogP contribution in [0.5, 0.6) is 0 Å². The lowest BCUT2D eigenvalue weighted by atomic mass is 10.2. The van der Waals surface area contributed by atoms with Crippen molar-refractivity contribution in [2.24, 2.45) is 5.73 Å². The van der Waals surface area contributed by atoms with E-state index in [9.17, 15) is 0 Å². The first-order chi connectivity index (χ1) is 6.31. The van der Waals surface area contributed by atoms with Crippen molar-refractivity contribution in [3.05, 3.63) is 24.0 Å². The molecular formula is C10H15N3. The molecule has 2 N–H and O–H groups in total. The van der Waals surface area contributed by atoms with Crippen LogP contribution in [-0.2, 0) is 6.54 Å². The molecule has 0 aromatic carbocycles. The second kappa shape index (κ2) is 3.34. The minimum atomic E-state index is 0.246. The predicted octanol–water partition coefficient (Wildman–Crippen LogP) is 1.41. The van der Waals surface area contributed by atoms with E-state index in [1.807, 2.05) is 10.9 Å². The maximum Gasteiger partial charge on any atom is 0.0639 e. The van der Waals surface area contributed by atoms with E-state index >= 15 is 0 Å². The fourth-order valence-corrected chi connectivity index (χ4v) is 1.82. The summed E-state index contributed by atoms with van der Waals surface area (Å²) < 4.78 is 2.02. The Morgan fingerprint density at radius 1 is 1.69 bits per heavy atom. The van der Waals surface area contributed by atoms with E-state index < -0.39 is 0 Å². The number of rotatable bonds is 2. The maximum absolute atomic E-state index is 5.82. The average molecular weight is 177 g/mol. The van der Waals surface area contributed by atoms with E-state index in [1.165, 1.54) is 11.3 Å². The van der Waals surface area contributed by atoms with Crippen LogP contribution in [0.4, 0.5) is 0 Å². The minimum absolute atomic E-state index is 0.246. The summed E-state index contributed by atoms with van der Waals surface area (Å²) in [6.45, 7) is 3.03. The summed E-state index contributed by atoms with van der Waals surface area (Å²) in [6.07, 6.45) is 6.17. The van der Waals surface area contributed by atoms with Crippen LogP contribution >= 0.6 is 0 Å². The molecule has 0 amide bonds. The van der Waals surface area contributed by atoms with E-state index in [-0.39, 0.29) is 6.04 Å². The summed E-state index contributed by atoms with van der Waals surface area (Å²) in [7, 11) is 0. The zero-order valence-electron chi connectivity index (χ0n) is 7.90. The number of aryl methyl sites for hydroxylation is 1. The highest BCUT2D eigenvalue weighted by molar-refractivity contribution is 5.65. The number of aromatic nitrogens is 2. The highest BCUT2D eigenvalue weighted by atomic mass is 15.3. The molecule has 1 aromatic rings. The number of nitrogens with two attached hydrogens (primary N) is 1. The molecule has 13 heavy (non-hydrogen) atoms. The van der Waals surface area contributed by atoms with Crippen molar-refractivity contribution >= 4 is 5.57 Å². The fourth-order valence-electron chi connectivity index (χ4n) is 1.82. The van der Waals surface area contributed by atoms with Gasteiger partial charge in [0.05, 0.1) is 5.69 Å². The molecule has 0 aliphatic heterocycles. The molecule has 3 nitrogen and oxygen atoms in total. The van der Waals surface area contributed by atoms with Gasteiger partial charge in [-0.3, -0.25) is 4.68 Å². The van der Waals surface area contributed by atoms with Gasteiger partial charge >= 0.3 is 0 Å². The van der Waals surface area contributed by atoms with Gasteiger partial charge in [0.25, 0.3) is 0 Å². The summed E-state index contributed by atoms with van der Waals surface area (Å²) in [4.78, 5) is 0. The lowest BCUT2D eigenvalue weighted by Crippen LogP contribution is -2.11. The van der Waals surface area contributed by atoms with Gasteiger partial charge in [-0.2, -0.15) is 5.10 Å². The van der Waals surface area contributed by atoms with Crippen LogP contribution in [0.2, 0.25) is 0 Å². The summed E-state index contributed by atoms with van der Waals surface area (Å²) in [6, 6.07) is 2.31. The lowest BCUT2D eigenvalue weighted by molar-refractivity contribution is 0.649. The van der Waals surface area contributed by atoms with Gasteiger partial charge in [0, 0.05) is 18.8 Å². The van der Waals surface area contributed by atoms with Crippen LogP contribution in [0, 0.1) is 0 Å². The molecular weight excluding hydrogens is 162 g/mol. The second-order valence-electron chi connectivity index (χ2n) is 3.43. The van der Waals surface area contributed by atoms with E-state index in [4.69, 9.17) is 5.73 Å². The standard InChI is InChI=1S/C10H15N3/c1-2-13-10(5-6-12-13)8-3-4-9(11)7-8/h5-7,9H,2-4,11H2,1H3. The third-order valence-electron chi connectivity index (χ3n) is 2.51. The first-order valence-corrected chi connectivity index (χ1v) is 4.79. The van der Waals surface area contributed by atoms with E-state index in [0.717, 1.165) is 19.4 Å². The predicted molar refractivity (Wildman–Crippen MR) is 53.1 cm³/mol. The van der Waals surface area contributed by atoms with Crippen LogP contribution in [0.15, 0.2) is 18.3 Å². The third kappa shape index (κ3) is 1.52. The second-order valence-corrected chi connectivity index (χ2v) is 3.43. The molecule has 0 spiro atoms. The molecule has 1 heterocycles. The summed E-state index contributed by atoms with van der Waals surface area (Å²) >= 11 is 0. The van der Waals surface area contributed by atoms with Crippen LogP contribution in [0.1, 0.15) is 25.5 Å². The Hall–Kier alpha value is -1.09. The fraction of sp³-hybridized carbons (Fsp3) is 0.500. The lowest BCUT2D eigenvalue weighted by Gasteiger charge is -2.04. The van der Waals surface area contributed by atoms with Crippen molar-refractivity contribution in [2.45, 2.75) is 32.4 Å². The molecule has 0 saturated heterocycles. The van der Waals surface area contributed by atoms with Gasteiger partial charge in [-0.05, 0) is 31.4 Å². The molecule has 0 saturated carbocycles. The molecule has 0 radical (unpaired) electrons. The molecule has 1 aromatic heterocycles. The third-order valence-corrected chi connectivity index (χ3v) is 2.51. The Labute approximate surface area is 78.2 Å². The van der Waals surface area contributed by atoms with E-state index in [1.54, 1.807) is 0 Å². The Morgan fingerprint density at radius 3 is 3.15 bits per heavy atom. The van der Waals surface area contributed by atoms with E-state index in [2.05, 4.69) is 24.2 Å². The zero-order valence-corrected chi connectivity index (χ0v) is 7.90. The monoisotopic (exact) mass is 177 g/mol. The van der Waals surface area contributed by atoms with Crippen molar-refractivity contribution in [1.82, 2.24) is 9.78 Å². The van der Waals surface area contributed by atoms with Gasteiger partial charge in [0.1, 0.15) is 0 Å². The Morgan fingerprint density at radius 2 is 2.54 bits per heavy atom. The molecule has 0 bridgehead atoms. The van der Waals surface area contributed by atoms with Crippen molar-refractivity contribution < 1.29 is 0 Å². The minimum Gasteiger partial charge on any atom is -0.324 e. The molecule has 1 atom stereocenters. The molecule has 2 rings (SSSR count). The first kappa shape index (κ1) is 8.51. The highest BCUT2D eigenvalue weighted by Gasteiger charge is 2.15. The molecule has 1 aliphatic carbocycles. The average Bonchev–Trinajstić information content (AvgIpc) is 2.71. The normalized spacial score (nSPS) is 22.0. The van der Waals surface area contributed by atoms with Gasteiger partial charge < -0.3 is 5.73 Å². The number of nitrogens with zero attached hydrogens (tertiary/aromatic N) is 2. The van der Waals surface area contributed by atoms with Crippen LogP contribution in [0.25, 0.3) is 5.57 Å². The van der Waals surface area contributed by atoms with Crippen LogP contribution in [0.3, 0.4) is 0 Å². The number of allylic oxidation sites excluding steroid dienone is 1. The molecule has 1 aliphatic rings. The largest absolute Gasteiger partial charge is 0.324 e. The number of hydrogen-bond donors (Lipinski definition) is 1. The van der Waals surface area contributed by atoms with Gasteiger partial charge in [-0.25, -0.2) is 0 Å². The van der Waals surface area contributed by atoms with Crippen LogP contribution in [-0.4, -0.2) is 15.8 Å². The van der Waals surface area contributed by atoms with Crippen LogP contribution < -0.4 is 5.73 Å². The molecule has 3 heteroatoms. The zero-order chi connectivity index (χ0) is 9.26. The van der Waals surface area contributed by atoms with E-state index in [0.29, 0.717) is 0 Å².